The van der Waals surface area contributed by atoms with E-state index in [9.17, 15) is 9.90 Å². The maximum absolute atomic E-state index is 11.8. The molecule has 3 N–H and O–H groups in total. The molecule has 21 heavy (non-hydrogen) atoms. The zero-order valence-electron chi connectivity index (χ0n) is 12.4. The van der Waals surface area contributed by atoms with Gasteiger partial charge in [-0.25, -0.2) is 4.79 Å². The van der Waals surface area contributed by atoms with E-state index in [0.717, 1.165) is 17.0 Å². The summed E-state index contributed by atoms with van der Waals surface area (Å²) in [5.74, 6) is 1.41. The summed E-state index contributed by atoms with van der Waals surface area (Å²) >= 11 is 0. The number of amides is 2. The zero-order chi connectivity index (χ0) is 15.4. The molecule has 1 aromatic carbocycles. The molecule has 5 heteroatoms. The van der Waals surface area contributed by atoms with Gasteiger partial charge < -0.3 is 20.2 Å². The fourth-order valence-corrected chi connectivity index (χ4v) is 2.16. The Balaban J connectivity index is 1.89. The van der Waals surface area contributed by atoms with E-state index in [2.05, 4.69) is 10.6 Å². The second kappa shape index (κ2) is 6.45. The van der Waals surface area contributed by atoms with Crippen LogP contribution in [0.15, 0.2) is 34.7 Å². The summed E-state index contributed by atoms with van der Waals surface area (Å²) in [5, 5.41) is 15.5. The number of hydrogen-bond acceptors (Lipinski definition) is 3. The molecule has 1 atom stereocenters. The number of nitrogens with one attached hydrogen (secondary N) is 2. The highest BCUT2D eigenvalue weighted by molar-refractivity contribution is 5.90. The minimum absolute atomic E-state index is 0.123. The van der Waals surface area contributed by atoms with E-state index >= 15 is 0 Å². The molecule has 2 aromatic rings. The third-order valence-electron chi connectivity index (χ3n) is 3.29. The Bertz CT molecular complexity index is 634. The van der Waals surface area contributed by atoms with Crippen molar-refractivity contribution in [3.05, 3.63) is 53.0 Å². The Morgan fingerprint density at radius 1 is 1.29 bits per heavy atom. The van der Waals surface area contributed by atoms with Gasteiger partial charge in [0.15, 0.2) is 0 Å². The van der Waals surface area contributed by atoms with Gasteiger partial charge in [0.1, 0.15) is 11.5 Å². The topological polar surface area (TPSA) is 74.5 Å². The predicted molar refractivity (Wildman–Crippen MR) is 81.3 cm³/mol. The molecule has 0 aliphatic rings. The molecule has 5 nitrogen and oxygen atoms in total. The molecular weight excluding hydrogens is 268 g/mol. The molecule has 0 saturated carbocycles. The SMILES string of the molecule is Cc1cc(C(O)CNC(=O)Nc2ccccc2C)c(C)o1. The highest BCUT2D eigenvalue weighted by Gasteiger charge is 2.15. The summed E-state index contributed by atoms with van der Waals surface area (Å²) in [6.07, 6.45) is -0.787. The van der Waals surface area contributed by atoms with Crippen LogP contribution in [0.2, 0.25) is 0 Å². The third kappa shape index (κ3) is 3.86. The van der Waals surface area contributed by atoms with E-state index in [-0.39, 0.29) is 12.6 Å². The Morgan fingerprint density at radius 3 is 2.62 bits per heavy atom. The van der Waals surface area contributed by atoms with Crippen molar-refractivity contribution < 1.29 is 14.3 Å². The molecule has 2 rings (SSSR count). The number of carbonyl (C=O) groups is 1. The van der Waals surface area contributed by atoms with Crippen molar-refractivity contribution >= 4 is 11.7 Å². The number of urea groups is 1. The van der Waals surface area contributed by atoms with Crippen LogP contribution in [0.1, 0.15) is 28.8 Å². The minimum atomic E-state index is -0.787. The second-order valence-electron chi connectivity index (χ2n) is 5.03. The largest absolute Gasteiger partial charge is 0.466 e. The van der Waals surface area contributed by atoms with Crippen molar-refractivity contribution in [2.45, 2.75) is 26.9 Å². The highest BCUT2D eigenvalue weighted by atomic mass is 16.3. The van der Waals surface area contributed by atoms with Gasteiger partial charge in [0.05, 0.1) is 6.10 Å². The molecule has 1 heterocycles. The Morgan fingerprint density at radius 2 is 2.00 bits per heavy atom. The predicted octanol–water partition coefficient (Wildman–Crippen LogP) is 3.06. The van der Waals surface area contributed by atoms with Crippen molar-refractivity contribution in [3.63, 3.8) is 0 Å². The van der Waals surface area contributed by atoms with Crippen LogP contribution in [-0.2, 0) is 0 Å². The summed E-state index contributed by atoms with van der Waals surface area (Å²) in [4.78, 5) is 11.8. The van der Waals surface area contributed by atoms with Crippen molar-refractivity contribution in [1.29, 1.82) is 0 Å². The molecular formula is C16H20N2O3. The first-order valence-corrected chi connectivity index (χ1v) is 6.83. The van der Waals surface area contributed by atoms with Gasteiger partial charge >= 0.3 is 6.03 Å². The summed E-state index contributed by atoms with van der Waals surface area (Å²) < 4.78 is 5.37. The third-order valence-corrected chi connectivity index (χ3v) is 3.29. The fourth-order valence-electron chi connectivity index (χ4n) is 2.16. The molecule has 2 amide bonds. The monoisotopic (exact) mass is 288 g/mol. The first-order chi connectivity index (χ1) is 9.97. The van der Waals surface area contributed by atoms with Gasteiger partial charge in [0.25, 0.3) is 0 Å². The smallest absolute Gasteiger partial charge is 0.319 e. The number of aliphatic hydroxyl groups is 1. The number of carbonyl (C=O) groups excluding carboxylic acids is 1. The normalized spacial score (nSPS) is 12.0. The Kier molecular flexibility index (Phi) is 4.65. The van der Waals surface area contributed by atoms with Gasteiger partial charge in [-0.05, 0) is 38.5 Å². The van der Waals surface area contributed by atoms with Crippen LogP contribution in [0.25, 0.3) is 0 Å². The molecule has 0 saturated heterocycles. The number of anilines is 1. The average Bonchev–Trinajstić information content (AvgIpc) is 2.78. The van der Waals surface area contributed by atoms with E-state index in [1.54, 1.807) is 13.0 Å². The summed E-state index contributed by atoms with van der Waals surface area (Å²) in [6.45, 7) is 5.65. The lowest BCUT2D eigenvalue weighted by Crippen LogP contribution is -2.32. The maximum Gasteiger partial charge on any atom is 0.319 e. The maximum atomic E-state index is 11.8. The number of aliphatic hydroxyl groups excluding tert-OH is 1. The molecule has 1 unspecified atom stereocenters. The van der Waals surface area contributed by atoms with Gasteiger partial charge in [-0.15, -0.1) is 0 Å². The van der Waals surface area contributed by atoms with Crippen LogP contribution >= 0.6 is 0 Å². The number of rotatable bonds is 4. The van der Waals surface area contributed by atoms with Gasteiger partial charge in [0, 0.05) is 17.8 Å². The van der Waals surface area contributed by atoms with E-state index in [4.69, 9.17) is 4.42 Å². The number of aryl methyl sites for hydroxylation is 3. The molecule has 0 bridgehead atoms. The molecule has 112 valence electrons. The van der Waals surface area contributed by atoms with Crippen LogP contribution < -0.4 is 10.6 Å². The number of hydrogen-bond donors (Lipinski definition) is 3. The lowest BCUT2D eigenvalue weighted by Gasteiger charge is -2.13. The van der Waals surface area contributed by atoms with Crippen molar-refractivity contribution in [1.82, 2.24) is 5.32 Å². The molecule has 0 radical (unpaired) electrons. The van der Waals surface area contributed by atoms with E-state index in [1.165, 1.54) is 0 Å². The lowest BCUT2D eigenvalue weighted by atomic mass is 10.1. The minimum Gasteiger partial charge on any atom is -0.466 e. The number of furan rings is 1. The van der Waals surface area contributed by atoms with Crippen molar-refractivity contribution in [2.24, 2.45) is 0 Å². The van der Waals surface area contributed by atoms with Crippen molar-refractivity contribution in [3.8, 4) is 0 Å². The van der Waals surface area contributed by atoms with Crippen LogP contribution in [-0.4, -0.2) is 17.7 Å². The first kappa shape index (κ1) is 15.1. The molecule has 0 aliphatic heterocycles. The molecule has 0 aliphatic carbocycles. The highest BCUT2D eigenvalue weighted by Crippen LogP contribution is 2.21. The number of para-hydroxylation sites is 1. The van der Waals surface area contributed by atoms with Gasteiger partial charge in [-0.2, -0.15) is 0 Å². The standard InChI is InChI=1S/C16H20N2O3/c1-10-6-4-5-7-14(10)18-16(20)17-9-15(19)13-8-11(2)21-12(13)3/h4-8,15,19H,9H2,1-3H3,(H2,17,18,20). The van der Waals surface area contributed by atoms with Gasteiger partial charge in [-0.1, -0.05) is 18.2 Å². The lowest BCUT2D eigenvalue weighted by molar-refractivity contribution is 0.173. The van der Waals surface area contributed by atoms with E-state index < -0.39 is 6.10 Å². The summed E-state index contributed by atoms with van der Waals surface area (Å²) in [5.41, 5.74) is 2.43. The quantitative estimate of drug-likeness (QED) is 0.809. The van der Waals surface area contributed by atoms with Crippen LogP contribution in [0.3, 0.4) is 0 Å². The van der Waals surface area contributed by atoms with E-state index in [1.807, 2.05) is 38.1 Å². The van der Waals surface area contributed by atoms with Crippen LogP contribution in [0.4, 0.5) is 10.5 Å². The second-order valence-corrected chi connectivity index (χ2v) is 5.03. The van der Waals surface area contributed by atoms with Gasteiger partial charge in [0.2, 0.25) is 0 Å². The van der Waals surface area contributed by atoms with Crippen LogP contribution in [0, 0.1) is 20.8 Å². The van der Waals surface area contributed by atoms with Gasteiger partial charge in [-0.3, -0.25) is 0 Å². The molecule has 0 spiro atoms. The Labute approximate surface area is 124 Å². The summed E-state index contributed by atoms with van der Waals surface area (Å²) in [6, 6.07) is 8.94. The molecule has 0 fully saturated rings. The fraction of sp³-hybridized carbons (Fsp3) is 0.312. The Hall–Kier alpha value is -2.27. The van der Waals surface area contributed by atoms with Crippen LogP contribution in [0.5, 0.6) is 0 Å². The van der Waals surface area contributed by atoms with Crippen molar-refractivity contribution in [2.75, 3.05) is 11.9 Å². The summed E-state index contributed by atoms with van der Waals surface area (Å²) in [7, 11) is 0. The average molecular weight is 288 g/mol. The molecule has 1 aromatic heterocycles. The number of benzene rings is 1. The first-order valence-electron chi connectivity index (χ1n) is 6.83. The van der Waals surface area contributed by atoms with E-state index in [0.29, 0.717) is 11.3 Å². The zero-order valence-corrected chi connectivity index (χ0v) is 12.4.